The van der Waals surface area contributed by atoms with Crippen LogP contribution in [0.1, 0.15) is 44.5 Å². The first-order chi connectivity index (χ1) is 13.6. The molecule has 0 atom stereocenters. The third kappa shape index (κ3) is 3.94. The first-order valence-electron chi connectivity index (χ1n) is 9.58. The predicted molar refractivity (Wildman–Crippen MR) is 121 cm³/mol. The van der Waals surface area contributed by atoms with E-state index in [1.54, 1.807) is 6.08 Å². The van der Waals surface area contributed by atoms with E-state index in [0.717, 1.165) is 28.6 Å². The largest absolute Gasteiger partial charge is 0.357 e. The number of rotatable bonds is 5. The normalized spacial score (nSPS) is 12.3. The van der Waals surface area contributed by atoms with Gasteiger partial charge in [0.15, 0.2) is 0 Å². The van der Waals surface area contributed by atoms with Gasteiger partial charge in [0.05, 0.1) is 5.35 Å². The lowest BCUT2D eigenvalue weighted by Gasteiger charge is -2.19. The number of nitrogens with one attached hydrogen (secondary N) is 3. The highest BCUT2D eigenvalue weighted by atomic mass is 16.1. The maximum atomic E-state index is 12.4. The van der Waals surface area contributed by atoms with Gasteiger partial charge in [-0.15, -0.1) is 6.58 Å². The van der Waals surface area contributed by atoms with Crippen molar-refractivity contribution in [2.24, 2.45) is 0 Å². The molecular formula is C24H27N3O2. The summed E-state index contributed by atoms with van der Waals surface area (Å²) in [6.45, 7) is 15.8. The average Bonchev–Trinajstić information content (AvgIpc) is 3.04. The van der Waals surface area contributed by atoms with Crippen molar-refractivity contribution in [1.82, 2.24) is 15.0 Å². The van der Waals surface area contributed by atoms with Crippen LogP contribution >= 0.6 is 0 Å². The molecule has 0 fully saturated rings. The topological polar surface area (TPSA) is 81.5 Å². The van der Waals surface area contributed by atoms with Crippen LogP contribution < -0.4 is 21.8 Å². The highest BCUT2D eigenvalue weighted by Gasteiger charge is 2.24. The van der Waals surface area contributed by atoms with Gasteiger partial charge in [0, 0.05) is 27.6 Å². The molecule has 2 aromatic heterocycles. The Labute approximate surface area is 169 Å². The number of aromatic amines is 3. The number of hydrogen-bond donors (Lipinski definition) is 3. The Hall–Kier alpha value is -3.34. The molecule has 0 spiro atoms. The summed E-state index contributed by atoms with van der Waals surface area (Å²) in [5.74, 6) is 0. The lowest BCUT2D eigenvalue weighted by atomic mass is 9.86. The molecule has 0 bridgehead atoms. The zero-order valence-electron chi connectivity index (χ0n) is 17.4. The van der Waals surface area contributed by atoms with E-state index in [-0.39, 0.29) is 21.7 Å². The molecule has 3 aromatic rings. The third-order valence-electron chi connectivity index (χ3n) is 5.17. The van der Waals surface area contributed by atoms with Crippen LogP contribution in [0.25, 0.3) is 23.6 Å². The standard InChI is InChI=1S/C24H27N3O2/c1-7-24(5,6)21-18(13-19-23(29)25-15(4)22(28)26-19)17-10-8-9-16(20(17)27-21)12-11-14(2)3/h7-11,13,27H,1,4,12H2,2-3,5-6H3,(H,25,29)(H,26,28)/b19-13+. The Morgan fingerprint density at radius 1 is 1.10 bits per heavy atom. The van der Waals surface area contributed by atoms with Crippen LogP contribution in [0, 0.1) is 0 Å². The van der Waals surface area contributed by atoms with Gasteiger partial charge in [-0.25, -0.2) is 0 Å². The van der Waals surface area contributed by atoms with E-state index in [1.807, 2.05) is 18.2 Å². The maximum Gasteiger partial charge on any atom is 0.272 e. The minimum Gasteiger partial charge on any atom is -0.357 e. The predicted octanol–water partition coefficient (Wildman–Crippen LogP) is 2.76. The third-order valence-corrected chi connectivity index (χ3v) is 5.17. The quantitative estimate of drug-likeness (QED) is 0.587. The van der Waals surface area contributed by atoms with E-state index >= 15 is 0 Å². The summed E-state index contributed by atoms with van der Waals surface area (Å²) >= 11 is 0. The van der Waals surface area contributed by atoms with Crippen molar-refractivity contribution >= 4 is 23.6 Å². The molecule has 3 rings (SSSR count). The second kappa shape index (κ2) is 7.59. The van der Waals surface area contributed by atoms with Crippen LogP contribution in [0.3, 0.4) is 0 Å². The second-order valence-corrected chi connectivity index (χ2v) is 8.11. The van der Waals surface area contributed by atoms with Crippen LogP contribution in [0.5, 0.6) is 0 Å². The summed E-state index contributed by atoms with van der Waals surface area (Å²) < 4.78 is 0. The number of para-hydroxylation sites is 1. The fraction of sp³-hybridized carbons (Fsp3) is 0.250. The highest BCUT2D eigenvalue weighted by molar-refractivity contribution is 5.93. The lowest BCUT2D eigenvalue weighted by Crippen LogP contribution is -2.46. The molecule has 29 heavy (non-hydrogen) atoms. The first-order valence-corrected chi connectivity index (χ1v) is 9.58. The number of allylic oxidation sites excluding steroid dienone is 3. The molecule has 3 N–H and O–H groups in total. The fourth-order valence-electron chi connectivity index (χ4n) is 3.31. The number of benzene rings is 1. The van der Waals surface area contributed by atoms with E-state index in [2.05, 4.69) is 67.9 Å². The molecule has 0 unspecified atom stereocenters. The Kier molecular flexibility index (Phi) is 5.33. The first kappa shape index (κ1) is 20.4. The van der Waals surface area contributed by atoms with Crippen molar-refractivity contribution in [1.29, 1.82) is 0 Å². The molecule has 0 saturated heterocycles. The average molecular weight is 389 g/mol. The van der Waals surface area contributed by atoms with Gasteiger partial charge < -0.3 is 15.0 Å². The van der Waals surface area contributed by atoms with E-state index in [4.69, 9.17) is 0 Å². The van der Waals surface area contributed by atoms with Crippen LogP contribution in [-0.4, -0.2) is 15.0 Å². The van der Waals surface area contributed by atoms with Gasteiger partial charge in [0.1, 0.15) is 5.35 Å². The molecule has 150 valence electrons. The lowest BCUT2D eigenvalue weighted by molar-refractivity contribution is 0.650. The summed E-state index contributed by atoms with van der Waals surface area (Å²) in [6, 6.07) is 6.13. The number of aromatic nitrogens is 3. The monoisotopic (exact) mass is 389 g/mol. The smallest absolute Gasteiger partial charge is 0.272 e. The van der Waals surface area contributed by atoms with Crippen LogP contribution in [0.2, 0.25) is 0 Å². The zero-order chi connectivity index (χ0) is 21.3. The molecule has 0 aliphatic rings. The van der Waals surface area contributed by atoms with Gasteiger partial charge in [-0.3, -0.25) is 9.59 Å². The van der Waals surface area contributed by atoms with E-state index in [9.17, 15) is 9.59 Å². The second-order valence-electron chi connectivity index (χ2n) is 8.11. The van der Waals surface area contributed by atoms with Crippen molar-refractivity contribution in [2.45, 2.75) is 39.5 Å². The Balaban J connectivity index is 2.40. The van der Waals surface area contributed by atoms with Gasteiger partial charge in [-0.05, 0) is 31.9 Å². The van der Waals surface area contributed by atoms with Gasteiger partial charge in [-0.1, -0.05) is 56.4 Å². The van der Waals surface area contributed by atoms with E-state index in [0.29, 0.717) is 0 Å². The summed E-state index contributed by atoms with van der Waals surface area (Å²) in [5.41, 5.74) is 4.08. The molecular weight excluding hydrogens is 362 g/mol. The van der Waals surface area contributed by atoms with Crippen LogP contribution in [0.15, 0.2) is 52.1 Å². The minimum absolute atomic E-state index is 0.0433. The maximum absolute atomic E-state index is 12.4. The van der Waals surface area contributed by atoms with Crippen molar-refractivity contribution in [3.8, 4) is 0 Å². The highest BCUT2D eigenvalue weighted by Crippen LogP contribution is 2.34. The van der Waals surface area contributed by atoms with Gasteiger partial charge in [0.25, 0.3) is 11.1 Å². The summed E-state index contributed by atoms with van der Waals surface area (Å²) in [4.78, 5) is 33.1. The number of H-pyrrole nitrogens is 3. The van der Waals surface area contributed by atoms with Crippen LogP contribution in [0.4, 0.5) is 0 Å². The number of hydrogen-bond acceptors (Lipinski definition) is 2. The molecule has 0 aliphatic heterocycles. The molecule has 2 heterocycles. The van der Waals surface area contributed by atoms with Gasteiger partial charge >= 0.3 is 0 Å². The Bertz CT molecular complexity index is 1340. The summed E-state index contributed by atoms with van der Waals surface area (Å²) in [7, 11) is 0. The summed E-state index contributed by atoms with van der Waals surface area (Å²) in [6.07, 6.45) is 6.59. The van der Waals surface area contributed by atoms with Crippen molar-refractivity contribution in [3.63, 3.8) is 0 Å². The molecule has 5 nitrogen and oxygen atoms in total. The Morgan fingerprint density at radius 3 is 2.48 bits per heavy atom. The van der Waals surface area contributed by atoms with Crippen molar-refractivity contribution in [2.75, 3.05) is 0 Å². The molecule has 0 saturated carbocycles. The van der Waals surface area contributed by atoms with E-state index in [1.165, 1.54) is 11.1 Å². The molecule has 5 heteroatoms. The fourth-order valence-corrected chi connectivity index (χ4v) is 3.31. The van der Waals surface area contributed by atoms with Gasteiger partial charge in [0.2, 0.25) is 0 Å². The SMILES string of the molecule is C=CC(C)(C)c1[nH]c2c(CC=C(C)C)cccc2c1/C=c1/[nH]c(=O)c(=C)[nH]c1=O. The van der Waals surface area contributed by atoms with Crippen molar-refractivity contribution in [3.05, 3.63) is 90.7 Å². The summed E-state index contributed by atoms with van der Waals surface area (Å²) in [5, 5.41) is 1.23. The number of fused-ring (bicyclic) bond motifs is 1. The van der Waals surface area contributed by atoms with Gasteiger partial charge in [-0.2, -0.15) is 0 Å². The van der Waals surface area contributed by atoms with Crippen LogP contribution in [-0.2, 0) is 11.8 Å². The molecule has 0 amide bonds. The minimum atomic E-state index is -0.413. The zero-order valence-corrected chi connectivity index (χ0v) is 17.4. The Morgan fingerprint density at radius 2 is 1.83 bits per heavy atom. The molecule has 0 aliphatic carbocycles. The van der Waals surface area contributed by atoms with E-state index < -0.39 is 5.56 Å². The molecule has 0 radical (unpaired) electrons. The molecule has 1 aromatic carbocycles. The van der Waals surface area contributed by atoms with Crippen molar-refractivity contribution < 1.29 is 0 Å².